The van der Waals surface area contributed by atoms with Gasteiger partial charge in [0.15, 0.2) is 0 Å². The van der Waals surface area contributed by atoms with Crippen molar-refractivity contribution in [3.8, 4) is 0 Å². The van der Waals surface area contributed by atoms with Crippen molar-refractivity contribution in [2.75, 3.05) is 40.9 Å². The number of likely N-dealkylation sites (N-methyl/N-ethyl adjacent to an activating group) is 1. The van der Waals surface area contributed by atoms with Crippen LogP contribution in [0.4, 0.5) is 0 Å². The molecule has 0 bridgehead atoms. The van der Waals surface area contributed by atoms with E-state index in [0.717, 1.165) is 44.9 Å². The lowest BCUT2D eigenvalue weighted by Gasteiger charge is -2.25. The van der Waals surface area contributed by atoms with Gasteiger partial charge in [0, 0.05) is 6.42 Å². The second-order valence-corrected chi connectivity index (χ2v) is 22.4. The van der Waals surface area contributed by atoms with Crippen LogP contribution < -0.4 is 5.32 Å². The highest BCUT2D eigenvalue weighted by molar-refractivity contribution is 7.47. The lowest BCUT2D eigenvalue weighted by atomic mass is 10.0. The van der Waals surface area contributed by atoms with Crippen LogP contribution in [0.25, 0.3) is 0 Å². The van der Waals surface area contributed by atoms with Crippen LogP contribution in [-0.2, 0) is 18.4 Å². The Morgan fingerprint density at radius 2 is 0.809 bits per heavy atom. The zero-order chi connectivity index (χ0) is 49.9. The van der Waals surface area contributed by atoms with Gasteiger partial charge in [0.25, 0.3) is 0 Å². The van der Waals surface area contributed by atoms with E-state index in [-0.39, 0.29) is 19.1 Å². The lowest BCUT2D eigenvalue weighted by molar-refractivity contribution is -0.870. The molecule has 3 atom stereocenters. The summed E-state index contributed by atoms with van der Waals surface area (Å²) >= 11 is 0. The van der Waals surface area contributed by atoms with Gasteiger partial charge in [-0.3, -0.25) is 13.8 Å². The minimum atomic E-state index is -4.36. The number of phosphoric ester groups is 1. The smallest absolute Gasteiger partial charge is 0.387 e. The second-order valence-electron chi connectivity index (χ2n) is 21.0. The van der Waals surface area contributed by atoms with E-state index in [1.165, 1.54) is 205 Å². The molecule has 0 aromatic carbocycles. The zero-order valence-electron chi connectivity index (χ0n) is 45.6. The molecule has 0 heterocycles. The van der Waals surface area contributed by atoms with Crippen molar-refractivity contribution in [3.63, 3.8) is 0 Å². The van der Waals surface area contributed by atoms with Gasteiger partial charge in [0.05, 0.1) is 39.9 Å². The number of allylic oxidation sites excluding steroid dienone is 7. The number of phosphoric acid groups is 1. The van der Waals surface area contributed by atoms with Crippen molar-refractivity contribution in [1.29, 1.82) is 0 Å². The van der Waals surface area contributed by atoms with E-state index in [1.54, 1.807) is 6.08 Å². The van der Waals surface area contributed by atoms with Gasteiger partial charge in [-0.2, -0.15) is 0 Å². The fourth-order valence-electron chi connectivity index (χ4n) is 8.42. The Hall–Kier alpha value is -1.54. The summed E-state index contributed by atoms with van der Waals surface area (Å²) in [5.74, 6) is -0.189. The van der Waals surface area contributed by atoms with Crippen molar-refractivity contribution >= 4 is 13.7 Å². The number of nitrogens with zero attached hydrogens (tertiary/aromatic N) is 1. The molecule has 0 rings (SSSR count). The van der Waals surface area contributed by atoms with Crippen LogP contribution in [0.2, 0.25) is 0 Å². The average molecular weight is 979 g/mol. The molecular formula is C59H114N2O6P+. The van der Waals surface area contributed by atoms with Crippen molar-refractivity contribution in [2.24, 2.45) is 0 Å². The highest BCUT2D eigenvalue weighted by atomic mass is 31.2. The van der Waals surface area contributed by atoms with E-state index < -0.39 is 20.0 Å². The van der Waals surface area contributed by atoms with Crippen molar-refractivity contribution in [1.82, 2.24) is 5.32 Å². The Kier molecular flexibility index (Phi) is 49.3. The molecule has 68 heavy (non-hydrogen) atoms. The first-order valence-corrected chi connectivity index (χ1v) is 30.5. The van der Waals surface area contributed by atoms with Crippen molar-refractivity contribution in [3.05, 3.63) is 48.6 Å². The lowest BCUT2D eigenvalue weighted by Crippen LogP contribution is -2.45. The zero-order valence-corrected chi connectivity index (χ0v) is 46.5. The van der Waals surface area contributed by atoms with Gasteiger partial charge >= 0.3 is 7.82 Å². The van der Waals surface area contributed by atoms with E-state index in [9.17, 15) is 19.4 Å². The standard InChI is InChI=1S/C59H113N2O6P/c1-6-8-10-12-14-16-18-20-22-24-26-28-29-30-31-33-35-37-39-41-43-45-47-49-51-53-59(63)60-57(56-67-68(64,65)66-55-54-61(3,4)5)58(62)52-50-48-46-44-42-40-38-36-34-32-27-25-23-21-19-17-15-13-11-9-7-2/h24,26,34,36,42,44,50,52,57-58,62H,6-23,25,27-33,35,37-41,43,45-49,51,53-56H2,1-5H3,(H-,60,63,64,65)/p+1/b26-24-,36-34+,44-42+,52-50+. The number of nitrogens with one attached hydrogen (secondary N) is 1. The molecule has 0 aliphatic rings. The number of aliphatic hydroxyl groups excluding tert-OH is 1. The van der Waals surface area contributed by atoms with Crippen LogP contribution in [-0.4, -0.2) is 73.4 Å². The number of aliphatic hydroxyl groups is 1. The number of carbonyl (C=O) groups is 1. The molecule has 0 aliphatic carbocycles. The Balaban J connectivity index is 4.26. The third-order valence-corrected chi connectivity index (χ3v) is 14.0. The fourth-order valence-corrected chi connectivity index (χ4v) is 9.16. The van der Waals surface area contributed by atoms with E-state index in [2.05, 4.69) is 55.6 Å². The highest BCUT2D eigenvalue weighted by Crippen LogP contribution is 2.43. The molecule has 0 aromatic heterocycles. The fraction of sp³-hybridized carbons (Fsp3) is 0.847. The van der Waals surface area contributed by atoms with Crippen LogP contribution in [0, 0.1) is 0 Å². The molecule has 0 aromatic rings. The molecule has 0 saturated carbocycles. The number of hydrogen-bond donors (Lipinski definition) is 3. The van der Waals surface area contributed by atoms with Gasteiger partial charge in [-0.25, -0.2) is 4.57 Å². The number of carbonyl (C=O) groups excluding carboxylic acids is 1. The molecular weight excluding hydrogens is 864 g/mol. The monoisotopic (exact) mass is 978 g/mol. The molecule has 1 amide bonds. The highest BCUT2D eigenvalue weighted by Gasteiger charge is 2.27. The van der Waals surface area contributed by atoms with Gasteiger partial charge in [-0.1, -0.05) is 242 Å². The maximum absolute atomic E-state index is 13.0. The summed E-state index contributed by atoms with van der Waals surface area (Å²) in [6.45, 7) is 4.81. The van der Waals surface area contributed by atoms with E-state index in [4.69, 9.17) is 9.05 Å². The number of hydrogen-bond acceptors (Lipinski definition) is 5. The van der Waals surface area contributed by atoms with E-state index in [0.29, 0.717) is 17.4 Å². The Labute approximate surface area is 422 Å². The molecule has 0 spiro atoms. The summed E-state index contributed by atoms with van der Waals surface area (Å²) in [5, 5.41) is 13.9. The van der Waals surface area contributed by atoms with Crippen LogP contribution in [0.5, 0.6) is 0 Å². The summed E-state index contributed by atoms with van der Waals surface area (Å²) in [4.78, 5) is 23.3. The Bertz CT molecular complexity index is 1250. The third kappa shape index (κ3) is 52.3. The van der Waals surface area contributed by atoms with Crippen molar-refractivity contribution in [2.45, 2.75) is 283 Å². The first kappa shape index (κ1) is 66.5. The van der Waals surface area contributed by atoms with Crippen LogP contribution in [0.15, 0.2) is 48.6 Å². The van der Waals surface area contributed by atoms with Gasteiger partial charge in [0.1, 0.15) is 13.2 Å². The minimum Gasteiger partial charge on any atom is -0.387 e. The van der Waals surface area contributed by atoms with E-state index in [1.807, 2.05) is 27.2 Å². The quantitative estimate of drug-likeness (QED) is 0.0243. The summed E-state index contributed by atoms with van der Waals surface area (Å²) < 4.78 is 23.7. The molecule has 8 nitrogen and oxygen atoms in total. The van der Waals surface area contributed by atoms with Crippen LogP contribution in [0.3, 0.4) is 0 Å². The third-order valence-electron chi connectivity index (χ3n) is 13.0. The molecule has 0 radical (unpaired) electrons. The molecule has 400 valence electrons. The predicted octanol–water partition coefficient (Wildman–Crippen LogP) is 17.5. The van der Waals surface area contributed by atoms with E-state index >= 15 is 0 Å². The van der Waals surface area contributed by atoms with Crippen LogP contribution in [0.1, 0.15) is 271 Å². The normalized spacial score (nSPS) is 14.3. The number of rotatable bonds is 53. The first-order valence-electron chi connectivity index (χ1n) is 29.0. The number of amides is 1. The summed E-state index contributed by atoms with van der Waals surface area (Å²) in [6, 6.07) is -0.870. The van der Waals surface area contributed by atoms with Crippen LogP contribution >= 0.6 is 7.82 Å². The van der Waals surface area contributed by atoms with Gasteiger partial charge < -0.3 is 19.8 Å². The number of quaternary nitrogens is 1. The largest absolute Gasteiger partial charge is 0.472 e. The summed E-state index contributed by atoms with van der Waals surface area (Å²) in [6.07, 6.45) is 66.4. The molecule has 0 saturated heterocycles. The SMILES string of the molecule is CCCCCCCCCC/C=C\CCCCCCCCCCCCCCCC(=O)NC(COP(=O)(O)OCC[N+](C)(C)C)C(O)/C=C/CC/C=C/CC/C=C/CCCCCCCCCCCCC. The first-order chi connectivity index (χ1) is 33.0. The molecule has 0 fully saturated rings. The Morgan fingerprint density at radius 1 is 0.485 bits per heavy atom. The predicted molar refractivity (Wildman–Crippen MR) is 295 cm³/mol. The number of unbranched alkanes of at least 4 members (excludes halogenated alkanes) is 34. The maximum Gasteiger partial charge on any atom is 0.472 e. The van der Waals surface area contributed by atoms with Crippen molar-refractivity contribution < 1.29 is 32.9 Å². The summed E-state index contributed by atoms with van der Waals surface area (Å²) in [7, 11) is 1.55. The maximum atomic E-state index is 13.0. The second kappa shape index (κ2) is 50.4. The average Bonchev–Trinajstić information content (AvgIpc) is 3.30. The Morgan fingerprint density at radius 3 is 1.18 bits per heavy atom. The molecule has 3 N–H and O–H groups in total. The minimum absolute atomic E-state index is 0.0535. The molecule has 3 unspecified atom stereocenters. The van der Waals surface area contributed by atoms with Gasteiger partial charge in [-0.05, 0) is 70.6 Å². The van der Waals surface area contributed by atoms with Gasteiger partial charge in [-0.15, -0.1) is 0 Å². The topological polar surface area (TPSA) is 105 Å². The summed E-state index contributed by atoms with van der Waals surface area (Å²) in [5.41, 5.74) is 0. The van der Waals surface area contributed by atoms with Gasteiger partial charge in [0.2, 0.25) is 5.91 Å². The molecule has 0 aliphatic heterocycles. The molecule has 9 heteroatoms.